The van der Waals surface area contributed by atoms with E-state index < -0.39 is 6.04 Å². The van der Waals surface area contributed by atoms with Crippen molar-refractivity contribution in [1.29, 1.82) is 0 Å². The first-order valence-corrected chi connectivity index (χ1v) is 8.00. The minimum atomic E-state index is -0.396. The van der Waals surface area contributed by atoms with Crippen LogP contribution >= 0.6 is 0 Å². The maximum atomic E-state index is 12.0. The van der Waals surface area contributed by atoms with Crippen molar-refractivity contribution in [2.24, 2.45) is 0 Å². The van der Waals surface area contributed by atoms with Crippen molar-refractivity contribution in [3.05, 3.63) is 29.8 Å². The predicted octanol–water partition coefficient (Wildman–Crippen LogP) is 0.922. The van der Waals surface area contributed by atoms with Crippen LogP contribution in [0.4, 0.5) is 5.69 Å². The Kier molecular flexibility index (Phi) is 4.32. The number of hydrogen-bond acceptors (Lipinski definition) is 3. The van der Waals surface area contributed by atoms with Crippen molar-refractivity contribution in [2.45, 2.75) is 38.1 Å². The van der Waals surface area contributed by atoms with Crippen LogP contribution in [0.15, 0.2) is 24.3 Å². The monoisotopic (exact) mass is 315 g/mol. The van der Waals surface area contributed by atoms with E-state index in [1.807, 2.05) is 24.3 Å². The van der Waals surface area contributed by atoms with Crippen LogP contribution in [-0.2, 0) is 14.4 Å². The van der Waals surface area contributed by atoms with E-state index in [9.17, 15) is 14.4 Å². The fourth-order valence-electron chi connectivity index (χ4n) is 3.34. The van der Waals surface area contributed by atoms with Crippen LogP contribution < -0.4 is 15.5 Å². The Morgan fingerprint density at radius 1 is 1.35 bits per heavy atom. The van der Waals surface area contributed by atoms with E-state index in [1.54, 1.807) is 11.8 Å². The molecule has 2 N–H and O–H groups in total. The van der Waals surface area contributed by atoms with Crippen molar-refractivity contribution >= 4 is 23.4 Å². The Hall–Kier alpha value is -2.37. The molecule has 0 aliphatic carbocycles. The van der Waals surface area contributed by atoms with Gasteiger partial charge in [0.1, 0.15) is 6.04 Å². The predicted molar refractivity (Wildman–Crippen MR) is 86.0 cm³/mol. The molecule has 2 atom stereocenters. The van der Waals surface area contributed by atoms with E-state index in [2.05, 4.69) is 10.6 Å². The van der Waals surface area contributed by atoms with Crippen LogP contribution in [0, 0.1) is 0 Å². The fraction of sp³-hybridized carbons (Fsp3) is 0.471. The van der Waals surface area contributed by atoms with E-state index in [4.69, 9.17) is 0 Å². The Bertz CT molecular complexity index is 644. The summed E-state index contributed by atoms with van der Waals surface area (Å²) in [4.78, 5) is 36.7. The second kappa shape index (κ2) is 6.40. The van der Waals surface area contributed by atoms with Crippen LogP contribution in [-0.4, -0.2) is 36.9 Å². The van der Waals surface area contributed by atoms with E-state index >= 15 is 0 Å². The van der Waals surface area contributed by atoms with Crippen LogP contribution in [0.5, 0.6) is 0 Å². The Balaban J connectivity index is 1.56. The Morgan fingerprint density at radius 3 is 2.83 bits per heavy atom. The second-order valence-corrected chi connectivity index (χ2v) is 6.12. The molecule has 0 aromatic heterocycles. The number of fused-ring (bicyclic) bond motifs is 1. The molecule has 23 heavy (non-hydrogen) atoms. The van der Waals surface area contributed by atoms with Gasteiger partial charge in [-0.2, -0.15) is 0 Å². The summed E-state index contributed by atoms with van der Waals surface area (Å²) in [6.07, 6.45) is 1.75. The second-order valence-electron chi connectivity index (χ2n) is 6.12. The van der Waals surface area contributed by atoms with Gasteiger partial charge in [-0.05, 0) is 24.5 Å². The highest BCUT2D eigenvalue weighted by molar-refractivity contribution is 5.94. The van der Waals surface area contributed by atoms with Gasteiger partial charge in [0.05, 0.1) is 0 Å². The third-order valence-electron chi connectivity index (χ3n) is 4.55. The number of carbonyl (C=O) groups excluding carboxylic acids is 3. The standard InChI is InChI=1S/C17H21N3O3/c1-11(21)20-10-12(13-4-2-3-5-15(13)20)8-9-18-17(23)14-6-7-16(22)19-14/h2-5,12,14H,6-10H2,1H3,(H,18,23)(H,19,22). The largest absolute Gasteiger partial charge is 0.354 e. The molecule has 6 heteroatoms. The summed E-state index contributed by atoms with van der Waals surface area (Å²) in [5, 5.41) is 5.56. The van der Waals surface area contributed by atoms with Crippen molar-refractivity contribution in [3.63, 3.8) is 0 Å². The SMILES string of the molecule is CC(=O)N1CC(CCNC(=O)C2CCC(=O)N2)c2ccccc21. The van der Waals surface area contributed by atoms with Crippen molar-refractivity contribution in [1.82, 2.24) is 10.6 Å². The minimum Gasteiger partial charge on any atom is -0.354 e. The Labute approximate surface area is 135 Å². The molecular formula is C17H21N3O3. The average molecular weight is 315 g/mol. The van der Waals surface area contributed by atoms with Crippen molar-refractivity contribution in [3.8, 4) is 0 Å². The third-order valence-corrected chi connectivity index (χ3v) is 4.55. The van der Waals surface area contributed by atoms with Crippen molar-refractivity contribution in [2.75, 3.05) is 18.0 Å². The molecule has 1 saturated heterocycles. The first-order valence-electron chi connectivity index (χ1n) is 8.00. The topological polar surface area (TPSA) is 78.5 Å². The molecule has 1 aromatic carbocycles. The van der Waals surface area contributed by atoms with Gasteiger partial charge in [-0.25, -0.2) is 0 Å². The first-order chi connectivity index (χ1) is 11.1. The summed E-state index contributed by atoms with van der Waals surface area (Å²) in [5.41, 5.74) is 2.13. The molecule has 0 bridgehead atoms. The average Bonchev–Trinajstić information content (AvgIpc) is 3.12. The molecule has 2 heterocycles. The van der Waals surface area contributed by atoms with Gasteiger partial charge in [0, 0.05) is 38.0 Å². The maximum Gasteiger partial charge on any atom is 0.242 e. The number of para-hydroxylation sites is 1. The minimum absolute atomic E-state index is 0.0395. The first kappa shape index (κ1) is 15.5. The number of benzene rings is 1. The fourth-order valence-corrected chi connectivity index (χ4v) is 3.34. The van der Waals surface area contributed by atoms with Gasteiger partial charge in [0.25, 0.3) is 0 Å². The lowest BCUT2D eigenvalue weighted by molar-refractivity contribution is -0.125. The molecule has 0 saturated carbocycles. The quantitative estimate of drug-likeness (QED) is 0.867. The maximum absolute atomic E-state index is 12.0. The van der Waals surface area contributed by atoms with Crippen molar-refractivity contribution < 1.29 is 14.4 Å². The molecule has 0 spiro atoms. The number of nitrogens with one attached hydrogen (secondary N) is 2. The molecule has 3 amide bonds. The molecule has 6 nitrogen and oxygen atoms in total. The smallest absolute Gasteiger partial charge is 0.242 e. The lowest BCUT2D eigenvalue weighted by Gasteiger charge is -2.16. The highest BCUT2D eigenvalue weighted by Gasteiger charge is 2.31. The van der Waals surface area contributed by atoms with Crippen LogP contribution in [0.25, 0.3) is 0 Å². The summed E-state index contributed by atoms with van der Waals surface area (Å²) in [5.74, 6) is 0.0868. The molecular weight excluding hydrogens is 294 g/mol. The van der Waals surface area contributed by atoms with Crippen LogP contribution in [0.2, 0.25) is 0 Å². The number of carbonyl (C=O) groups is 3. The summed E-state index contributed by atoms with van der Waals surface area (Å²) < 4.78 is 0. The molecule has 122 valence electrons. The zero-order valence-corrected chi connectivity index (χ0v) is 13.2. The highest BCUT2D eigenvalue weighted by Crippen LogP contribution is 2.37. The molecule has 2 unspecified atom stereocenters. The van der Waals surface area contributed by atoms with Gasteiger partial charge in [0.15, 0.2) is 0 Å². The third kappa shape index (κ3) is 3.21. The highest BCUT2D eigenvalue weighted by atomic mass is 16.2. The van der Waals surface area contributed by atoms with Gasteiger partial charge in [-0.15, -0.1) is 0 Å². The summed E-state index contributed by atoms with van der Waals surface area (Å²) in [6.45, 7) is 2.77. The van der Waals surface area contributed by atoms with E-state index in [1.165, 1.54) is 0 Å². The molecule has 1 fully saturated rings. The Morgan fingerprint density at radius 2 is 2.13 bits per heavy atom. The van der Waals surface area contributed by atoms with Gasteiger partial charge in [-0.3, -0.25) is 14.4 Å². The number of hydrogen-bond donors (Lipinski definition) is 2. The summed E-state index contributed by atoms with van der Waals surface area (Å²) >= 11 is 0. The summed E-state index contributed by atoms with van der Waals surface area (Å²) in [7, 11) is 0. The van der Waals surface area contributed by atoms with Gasteiger partial charge in [0.2, 0.25) is 17.7 Å². The summed E-state index contributed by atoms with van der Waals surface area (Å²) in [6, 6.07) is 7.52. The lowest BCUT2D eigenvalue weighted by atomic mass is 9.98. The van der Waals surface area contributed by atoms with Crippen LogP contribution in [0.3, 0.4) is 0 Å². The normalized spacial score (nSPS) is 22.7. The number of anilines is 1. The molecule has 2 aliphatic heterocycles. The number of amides is 3. The molecule has 2 aliphatic rings. The van der Waals surface area contributed by atoms with E-state index in [0.29, 0.717) is 25.9 Å². The number of nitrogens with zero attached hydrogens (tertiary/aromatic N) is 1. The molecule has 0 radical (unpaired) electrons. The zero-order valence-electron chi connectivity index (χ0n) is 13.2. The number of rotatable bonds is 4. The molecule has 3 rings (SSSR count). The van der Waals surface area contributed by atoms with Gasteiger partial charge < -0.3 is 15.5 Å². The molecule has 1 aromatic rings. The lowest BCUT2D eigenvalue weighted by Crippen LogP contribution is -2.42. The van der Waals surface area contributed by atoms with E-state index in [0.717, 1.165) is 17.7 Å². The van der Waals surface area contributed by atoms with Gasteiger partial charge in [-0.1, -0.05) is 18.2 Å². The van der Waals surface area contributed by atoms with Gasteiger partial charge >= 0.3 is 0 Å². The zero-order chi connectivity index (χ0) is 16.4. The van der Waals surface area contributed by atoms with E-state index in [-0.39, 0.29) is 23.6 Å². The van der Waals surface area contributed by atoms with Crippen LogP contribution in [0.1, 0.15) is 37.7 Å².